The highest BCUT2D eigenvalue weighted by molar-refractivity contribution is 6.30. The summed E-state index contributed by atoms with van der Waals surface area (Å²) in [6, 6.07) is 5.86. The standard InChI is InChI=1S/C16H18ClN3O/c1-2-18-14(16-19-5-3-6-20-16)10-12-9-13(17)8-11-4-7-21-15(11)12/h3,5-6,8-9,14,18H,2,4,7,10H2,1H3. The van der Waals surface area contributed by atoms with Gasteiger partial charge in [0.2, 0.25) is 0 Å². The van der Waals surface area contributed by atoms with Crippen LogP contribution in [0.2, 0.25) is 5.02 Å². The molecule has 0 spiro atoms. The van der Waals surface area contributed by atoms with Gasteiger partial charge in [-0.1, -0.05) is 18.5 Å². The summed E-state index contributed by atoms with van der Waals surface area (Å²) in [7, 11) is 0. The maximum atomic E-state index is 6.23. The lowest BCUT2D eigenvalue weighted by atomic mass is 10.0. The molecule has 1 aliphatic heterocycles. The molecule has 0 fully saturated rings. The van der Waals surface area contributed by atoms with Gasteiger partial charge in [-0.15, -0.1) is 0 Å². The minimum absolute atomic E-state index is 0.0583. The number of hydrogen-bond acceptors (Lipinski definition) is 4. The highest BCUT2D eigenvalue weighted by Gasteiger charge is 2.21. The van der Waals surface area contributed by atoms with E-state index >= 15 is 0 Å². The van der Waals surface area contributed by atoms with Gasteiger partial charge in [-0.25, -0.2) is 9.97 Å². The molecule has 1 unspecified atom stereocenters. The fourth-order valence-electron chi connectivity index (χ4n) is 2.71. The number of rotatable bonds is 5. The summed E-state index contributed by atoms with van der Waals surface area (Å²) in [5.74, 6) is 1.78. The van der Waals surface area contributed by atoms with Crippen LogP contribution >= 0.6 is 11.6 Å². The third-order valence-electron chi connectivity index (χ3n) is 3.60. The quantitative estimate of drug-likeness (QED) is 0.922. The van der Waals surface area contributed by atoms with E-state index in [4.69, 9.17) is 16.3 Å². The maximum Gasteiger partial charge on any atom is 0.145 e. The van der Waals surface area contributed by atoms with Crippen LogP contribution in [0.3, 0.4) is 0 Å². The van der Waals surface area contributed by atoms with E-state index in [2.05, 4.69) is 22.2 Å². The Morgan fingerprint density at radius 1 is 1.33 bits per heavy atom. The predicted molar refractivity (Wildman–Crippen MR) is 82.8 cm³/mol. The minimum atomic E-state index is 0.0583. The molecule has 1 aromatic heterocycles. The lowest BCUT2D eigenvalue weighted by Crippen LogP contribution is -2.25. The Balaban J connectivity index is 1.90. The fourth-order valence-corrected chi connectivity index (χ4v) is 2.97. The van der Waals surface area contributed by atoms with Crippen molar-refractivity contribution in [1.82, 2.24) is 15.3 Å². The van der Waals surface area contributed by atoms with Crippen molar-refractivity contribution in [2.24, 2.45) is 0 Å². The topological polar surface area (TPSA) is 47.0 Å². The van der Waals surface area contributed by atoms with Crippen LogP contribution in [0.5, 0.6) is 5.75 Å². The van der Waals surface area contributed by atoms with Crippen molar-refractivity contribution in [3.63, 3.8) is 0 Å². The molecular formula is C16H18ClN3O. The van der Waals surface area contributed by atoms with Crippen LogP contribution in [0.4, 0.5) is 0 Å². The summed E-state index contributed by atoms with van der Waals surface area (Å²) >= 11 is 6.23. The van der Waals surface area contributed by atoms with E-state index in [0.717, 1.165) is 48.2 Å². The van der Waals surface area contributed by atoms with Crippen molar-refractivity contribution in [2.45, 2.75) is 25.8 Å². The number of fused-ring (bicyclic) bond motifs is 1. The Labute approximate surface area is 129 Å². The zero-order chi connectivity index (χ0) is 14.7. The minimum Gasteiger partial charge on any atom is -0.493 e. The third-order valence-corrected chi connectivity index (χ3v) is 3.82. The van der Waals surface area contributed by atoms with Gasteiger partial charge in [0.15, 0.2) is 0 Å². The molecule has 2 heterocycles. The van der Waals surface area contributed by atoms with Crippen molar-refractivity contribution < 1.29 is 4.74 Å². The van der Waals surface area contributed by atoms with Crippen LogP contribution in [-0.4, -0.2) is 23.1 Å². The zero-order valence-corrected chi connectivity index (χ0v) is 12.7. The molecule has 0 saturated carbocycles. The van der Waals surface area contributed by atoms with Gasteiger partial charge in [0.25, 0.3) is 0 Å². The number of benzene rings is 1. The SMILES string of the molecule is CCNC(Cc1cc(Cl)cc2c1OCC2)c1ncccn1. The monoisotopic (exact) mass is 303 g/mol. The summed E-state index contributed by atoms with van der Waals surface area (Å²) in [5.41, 5.74) is 2.31. The number of likely N-dealkylation sites (N-methyl/N-ethyl adjacent to an activating group) is 1. The normalized spacial score (nSPS) is 14.6. The molecule has 1 aliphatic rings. The van der Waals surface area contributed by atoms with Crippen molar-refractivity contribution in [2.75, 3.05) is 13.2 Å². The lowest BCUT2D eigenvalue weighted by Gasteiger charge is -2.18. The van der Waals surface area contributed by atoms with E-state index in [9.17, 15) is 0 Å². The summed E-state index contributed by atoms with van der Waals surface area (Å²) in [5, 5.41) is 4.20. The van der Waals surface area contributed by atoms with Crippen molar-refractivity contribution in [1.29, 1.82) is 0 Å². The van der Waals surface area contributed by atoms with E-state index in [1.165, 1.54) is 5.56 Å². The number of hydrogen-bond donors (Lipinski definition) is 1. The molecule has 4 nitrogen and oxygen atoms in total. The Hall–Kier alpha value is -1.65. The molecule has 1 N–H and O–H groups in total. The first kappa shape index (κ1) is 14.3. The van der Waals surface area contributed by atoms with E-state index in [1.54, 1.807) is 12.4 Å². The van der Waals surface area contributed by atoms with Gasteiger partial charge in [-0.05, 0) is 42.3 Å². The van der Waals surface area contributed by atoms with E-state index in [0.29, 0.717) is 0 Å². The first-order valence-electron chi connectivity index (χ1n) is 7.22. The second-order valence-corrected chi connectivity index (χ2v) is 5.51. The molecule has 0 amide bonds. The van der Waals surface area contributed by atoms with Crippen LogP contribution in [0.15, 0.2) is 30.6 Å². The van der Waals surface area contributed by atoms with Crippen molar-refractivity contribution >= 4 is 11.6 Å². The van der Waals surface area contributed by atoms with Gasteiger partial charge in [0.05, 0.1) is 12.6 Å². The smallest absolute Gasteiger partial charge is 0.145 e. The second-order valence-electron chi connectivity index (χ2n) is 5.07. The van der Waals surface area contributed by atoms with Gasteiger partial charge >= 0.3 is 0 Å². The highest BCUT2D eigenvalue weighted by atomic mass is 35.5. The van der Waals surface area contributed by atoms with Gasteiger partial charge in [0, 0.05) is 23.8 Å². The number of ether oxygens (including phenoxy) is 1. The second kappa shape index (κ2) is 6.41. The molecule has 21 heavy (non-hydrogen) atoms. The van der Waals surface area contributed by atoms with Crippen LogP contribution in [0, 0.1) is 0 Å². The number of halogens is 1. The van der Waals surface area contributed by atoms with Gasteiger partial charge < -0.3 is 10.1 Å². The molecule has 110 valence electrons. The molecule has 5 heteroatoms. The lowest BCUT2D eigenvalue weighted by molar-refractivity contribution is 0.351. The number of aromatic nitrogens is 2. The average molecular weight is 304 g/mol. The summed E-state index contributed by atoms with van der Waals surface area (Å²) in [6.45, 7) is 3.66. The Bertz CT molecular complexity index is 618. The number of nitrogens with zero attached hydrogens (tertiary/aromatic N) is 2. The molecule has 1 atom stereocenters. The Kier molecular flexibility index (Phi) is 4.36. The van der Waals surface area contributed by atoms with E-state index < -0.39 is 0 Å². The average Bonchev–Trinajstić information content (AvgIpc) is 2.96. The van der Waals surface area contributed by atoms with Gasteiger partial charge in [-0.2, -0.15) is 0 Å². The molecule has 3 rings (SSSR count). The third kappa shape index (κ3) is 3.17. The summed E-state index contributed by atoms with van der Waals surface area (Å²) < 4.78 is 5.77. The van der Waals surface area contributed by atoms with Gasteiger partial charge in [0.1, 0.15) is 11.6 Å². The van der Waals surface area contributed by atoms with Crippen LogP contribution in [-0.2, 0) is 12.8 Å². The molecule has 0 radical (unpaired) electrons. The maximum absolute atomic E-state index is 6.23. The molecule has 0 aliphatic carbocycles. The first-order valence-corrected chi connectivity index (χ1v) is 7.60. The molecule has 1 aromatic carbocycles. The van der Waals surface area contributed by atoms with E-state index in [-0.39, 0.29) is 6.04 Å². The first-order chi connectivity index (χ1) is 10.3. The van der Waals surface area contributed by atoms with Crippen LogP contribution < -0.4 is 10.1 Å². The zero-order valence-electron chi connectivity index (χ0n) is 12.0. The van der Waals surface area contributed by atoms with Gasteiger partial charge in [-0.3, -0.25) is 0 Å². The largest absolute Gasteiger partial charge is 0.493 e. The molecular weight excluding hydrogens is 286 g/mol. The molecule has 0 saturated heterocycles. The molecule has 2 aromatic rings. The number of nitrogens with one attached hydrogen (secondary N) is 1. The van der Waals surface area contributed by atoms with Crippen LogP contribution in [0.1, 0.15) is 29.9 Å². The Morgan fingerprint density at radius 3 is 2.90 bits per heavy atom. The van der Waals surface area contributed by atoms with E-state index in [1.807, 2.05) is 18.2 Å². The van der Waals surface area contributed by atoms with Crippen LogP contribution in [0.25, 0.3) is 0 Å². The van der Waals surface area contributed by atoms with Crippen molar-refractivity contribution in [3.05, 3.63) is 52.6 Å². The predicted octanol–water partition coefficient (Wildman–Crippen LogP) is 2.96. The summed E-state index contributed by atoms with van der Waals surface area (Å²) in [4.78, 5) is 8.72. The Morgan fingerprint density at radius 2 is 2.14 bits per heavy atom. The fraction of sp³-hybridized carbons (Fsp3) is 0.375. The highest BCUT2D eigenvalue weighted by Crippen LogP contribution is 2.34. The molecule has 0 bridgehead atoms. The summed E-state index contributed by atoms with van der Waals surface area (Å²) in [6.07, 6.45) is 5.23. The van der Waals surface area contributed by atoms with Crippen molar-refractivity contribution in [3.8, 4) is 5.75 Å².